The van der Waals surface area contributed by atoms with Crippen molar-refractivity contribution in [1.82, 2.24) is 24.5 Å². The average Bonchev–Trinajstić information content (AvgIpc) is 3.65. The number of rotatable bonds is 8. The van der Waals surface area contributed by atoms with Crippen LogP contribution in [-0.4, -0.2) is 46.6 Å². The van der Waals surface area contributed by atoms with Crippen LogP contribution < -0.4 is 0 Å². The highest BCUT2D eigenvalue weighted by Crippen LogP contribution is 2.31. The van der Waals surface area contributed by atoms with Crippen LogP contribution in [-0.2, 0) is 26.9 Å². The summed E-state index contributed by atoms with van der Waals surface area (Å²) in [6.45, 7) is 0.949. The monoisotopic (exact) mass is 529 g/mol. The van der Waals surface area contributed by atoms with Gasteiger partial charge in [-0.25, -0.2) is 23.4 Å². The van der Waals surface area contributed by atoms with Crippen LogP contribution in [0, 0.1) is 0 Å². The van der Waals surface area contributed by atoms with E-state index in [0.29, 0.717) is 36.0 Å². The van der Waals surface area contributed by atoms with E-state index in [1.54, 1.807) is 36.8 Å². The Morgan fingerprint density at radius 3 is 2.73 bits per heavy atom. The first-order chi connectivity index (χ1) is 18.0. The van der Waals surface area contributed by atoms with Gasteiger partial charge in [0.1, 0.15) is 17.0 Å². The molecule has 37 heavy (non-hydrogen) atoms. The van der Waals surface area contributed by atoms with E-state index in [2.05, 4.69) is 15.0 Å². The van der Waals surface area contributed by atoms with Crippen LogP contribution in [0.3, 0.4) is 0 Å². The van der Waals surface area contributed by atoms with Gasteiger partial charge in [0.25, 0.3) is 0 Å². The second-order valence-electron chi connectivity index (χ2n) is 8.63. The minimum atomic E-state index is -3.64. The maximum Gasteiger partial charge on any atom is 0.184 e. The van der Waals surface area contributed by atoms with Crippen molar-refractivity contribution in [2.24, 2.45) is 0 Å². The molecule has 1 N–H and O–H groups in total. The van der Waals surface area contributed by atoms with Crippen LogP contribution in [0.25, 0.3) is 44.2 Å². The van der Waals surface area contributed by atoms with Crippen molar-refractivity contribution < 1.29 is 13.2 Å². The molecule has 0 radical (unpaired) electrons. The maximum atomic E-state index is 13.5. The zero-order chi connectivity index (χ0) is 25.4. The van der Waals surface area contributed by atoms with Crippen LogP contribution in [0.5, 0.6) is 0 Å². The third-order valence-corrected chi connectivity index (χ3v) is 8.74. The molecule has 10 heteroatoms. The summed E-state index contributed by atoms with van der Waals surface area (Å²) in [5.74, 6) is 1.19. The van der Waals surface area contributed by atoms with Gasteiger partial charge in [0.2, 0.25) is 0 Å². The molecule has 6 aromatic rings. The van der Waals surface area contributed by atoms with Crippen molar-refractivity contribution in [3.63, 3.8) is 0 Å². The summed E-state index contributed by atoms with van der Waals surface area (Å²) in [6, 6.07) is 20.5. The zero-order valence-corrected chi connectivity index (χ0v) is 21.6. The molecule has 0 aliphatic carbocycles. The topological polar surface area (TPSA) is 103 Å². The SMILES string of the molecule is COCCn1c(-c2cnc(-c3ccc4scnc4c3)[nH]2)nc2c(S(=O)(=O)Cc3ccccc3)cccc21. The van der Waals surface area contributed by atoms with Crippen molar-refractivity contribution in [3.8, 4) is 22.9 Å². The van der Waals surface area contributed by atoms with Crippen molar-refractivity contribution >= 4 is 42.4 Å². The van der Waals surface area contributed by atoms with Crippen molar-refractivity contribution in [2.45, 2.75) is 17.2 Å². The van der Waals surface area contributed by atoms with Gasteiger partial charge in [0.05, 0.1) is 44.7 Å². The second kappa shape index (κ2) is 9.55. The Kier molecular flexibility index (Phi) is 6.07. The van der Waals surface area contributed by atoms with E-state index in [0.717, 1.165) is 26.9 Å². The van der Waals surface area contributed by atoms with Crippen LogP contribution in [0.15, 0.2) is 83.3 Å². The number of para-hydroxylation sites is 1. The number of aromatic amines is 1. The number of fused-ring (bicyclic) bond motifs is 2. The summed E-state index contributed by atoms with van der Waals surface area (Å²) >= 11 is 1.59. The average molecular weight is 530 g/mol. The smallest absolute Gasteiger partial charge is 0.184 e. The van der Waals surface area contributed by atoms with Gasteiger partial charge in [-0.1, -0.05) is 36.4 Å². The number of imidazole rings is 2. The number of hydrogen-bond donors (Lipinski definition) is 1. The van der Waals surface area contributed by atoms with Crippen molar-refractivity contribution in [1.29, 1.82) is 0 Å². The number of sulfone groups is 1. The Hall–Kier alpha value is -3.86. The number of nitrogens with zero attached hydrogens (tertiary/aromatic N) is 4. The quantitative estimate of drug-likeness (QED) is 0.286. The molecule has 3 heterocycles. The molecule has 0 unspecified atom stereocenters. The largest absolute Gasteiger partial charge is 0.383 e. The van der Waals surface area contributed by atoms with E-state index < -0.39 is 9.84 Å². The first-order valence-corrected chi connectivity index (χ1v) is 14.2. The van der Waals surface area contributed by atoms with Gasteiger partial charge in [-0.3, -0.25) is 0 Å². The minimum absolute atomic E-state index is 0.0967. The number of benzene rings is 3. The highest BCUT2D eigenvalue weighted by molar-refractivity contribution is 7.90. The zero-order valence-electron chi connectivity index (χ0n) is 20.0. The highest BCUT2D eigenvalue weighted by Gasteiger charge is 2.24. The summed E-state index contributed by atoms with van der Waals surface area (Å²) in [7, 11) is -2.00. The van der Waals surface area contributed by atoms with Gasteiger partial charge in [-0.15, -0.1) is 11.3 Å². The lowest BCUT2D eigenvalue weighted by molar-refractivity contribution is 0.188. The number of H-pyrrole nitrogens is 1. The normalized spacial score (nSPS) is 12.0. The number of ether oxygens (including phenoxy) is 1. The molecule has 0 amide bonds. The number of methoxy groups -OCH3 is 1. The Morgan fingerprint density at radius 1 is 1.03 bits per heavy atom. The van der Waals surface area contributed by atoms with Crippen molar-refractivity contribution in [3.05, 3.63) is 84.0 Å². The third-order valence-electron chi connectivity index (χ3n) is 6.22. The summed E-state index contributed by atoms with van der Waals surface area (Å²) in [5, 5.41) is 0. The lowest BCUT2D eigenvalue weighted by Crippen LogP contribution is -2.07. The second-order valence-corrected chi connectivity index (χ2v) is 11.5. The van der Waals surface area contributed by atoms with Gasteiger partial charge in [-0.2, -0.15) is 0 Å². The molecule has 0 aliphatic heterocycles. The van der Waals surface area contributed by atoms with Gasteiger partial charge in [0.15, 0.2) is 15.7 Å². The molecule has 0 saturated heterocycles. The Bertz CT molecular complexity index is 1820. The van der Waals surface area contributed by atoms with E-state index in [1.807, 2.05) is 64.7 Å². The number of nitrogens with one attached hydrogen (secondary N) is 1. The molecule has 6 rings (SSSR count). The first-order valence-electron chi connectivity index (χ1n) is 11.7. The van der Waals surface area contributed by atoms with E-state index in [-0.39, 0.29) is 10.6 Å². The summed E-state index contributed by atoms with van der Waals surface area (Å²) in [6.07, 6.45) is 1.73. The lowest BCUT2D eigenvalue weighted by Gasteiger charge is -2.08. The fraction of sp³-hybridized carbons (Fsp3) is 0.148. The predicted octanol–water partition coefficient (Wildman–Crippen LogP) is 5.32. The number of thiazole rings is 1. The summed E-state index contributed by atoms with van der Waals surface area (Å²) in [5.41, 5.74) is 6.23. The van der Waals surface area contributed by atoms with E-state index in [1.165, 1.54) is 0 Å². The number of aromatic nitrogens is 5. The number of hydrogen-bond acceptors (Lipinski definition) is 7. The molecule has 0 atom stereocenters. The third kappa shape index (κ3) is 4.43. The standard InChI is InChI=1S/C27H23N5O3S2/c1-35-13-12-32-22-8-5-9-24(37(33,34)16-18-6-3-2-4-7-18)25(22)31-27(32)21-15-28-26(30-21)19-10-11-23-20(14-19)29-17-36-23/h2-11,14-15,17H,12-13,16H2,1H3,(H,28,30). The fourth-order valence-electron chi connectivity index (χ4n) is 4.44. The molecular formula is C27H23N5O3S2. The molecule has 0 aliphatic rings. The van der Waals surface area contributed by atoms with E-state index in [4.69, 9.17) is 9.72 Å². The minimum Gasteiger partial charge on any atom is -0.383 e. The molecule has 0 fully saturated rings. The highest BCUT2D eigenvalue weighted by atomic mass is 32.2. The molecule has 186 valence electrons. The molecule has 0 spiro atoms. The Morgan fingerprint density at radius 2 is 1.89 bits per heavy atom. The maximum absolute atomic E-state index is 13.5. The van der Waals surface area contributed by atoms with Crippen LogP contribution in [0.1, 0.15) is 5.56 Å². The van der Waals surface area contributed by atoms with Gasteiger partial charge < -0.3 is 14.3 Å². The van der Waals surface area contributed by atoms with Gasteiger partial charge >= 0.3 is 0 Å². The lowest BCUT2D eigenvalue weighted by atomic mass is 10.2. The van der Waals surface area contributed by atoms with Gasteiger partial charge in [0, 0.05) is 19.2 Å². The molecule has 3 aromatic heterocycles. The predicted molar refractivity (Wildman–Crippen MR) is 145 cm³/mol. The van der Waals surface area contributed by atoms with E-state index >= 15 is 0 Å². The molecule has 8 nitrogen and oxygen atoms in total. The van der Waals surface area contributed by atoms with E-state index in [9.17, 15) is 8.42 Å². The first kappa shape index (κ1) is 23.5. The van der Waals surface area contributed by atoms with Crippen molar-refractivity contribution in [2.75, 3.05) is 13.7 Å². The van der Waals surface area contributed by atoms with Gasteiger partial charge in [-0.05, 0) is 35.9 Å². The molecule has 0 bridgehead atoms. The van der Waals surface area contributed by atoms with Crippen LogP contribution in [0.2, 0.25) is 0 Å². The molecule has 0 saturated carbocycles. The fourth-order valence-corrected chi connectivity index (χ4v) is 6.62. The summed E-state index contributed by atoms with van der Waals surface area (Å²) < 4.78 is 35.3. The summed E-state index contributed by atoms with van der Waals surface area (Å²) in [4.78, 5) is 17.4. The Balaban J connectivity index is 1.45. The molecular weight excluding hydrogens is 506 g/mol. The van der Waals surface area contributed by atoms with Crippen LogP contribution >= 0.6 is 11.3 Å². The van der Waals surface area contributed by atoms with Crippen LogP contribution in [0.4, 0.5) is 0 Å². The Labute approximate surface area is 217 Å². The molecule has 3 aromatic carbocycles.